The summed E-state index contributed by atoms with van der Waals surface area (Å²) in [6.07, 6.45) is 7.27. The minimum Gasteiger partial charge on any atom is -0.343 e. The van der Waals surface area contributed by atoms with Crippen molar-refractivity contribution >= 4 is 0 Å². The van der Waals surface area contributed by atoms with Crippen LogP contribution in [0.4, 0.5) is 0 Å². The fourth-order valence-electron chi connectivity index (χ4n) is 4.29. The average molecular weight is 951 g/mol. The van der Waals surface area contributed by atoms with Crippen LogP contribution in [0.5, 0.6) is 0 Å². The molecule has 0 N–H and O–H groups in total. The van der Waals surface area contributed by atoms with Crippen molar-refractivity contribution in [3.05, 3.63) is 196 Å². The van der Waals surface area contributed by atoms with Crippen LogP contribution < -0.4 is 4.57 Å². The molecule has 0 spiro atoms. The molecule has 0 unspecified atom stereocenters. The summed E-state index contributed by atoms with van der Waals surface area (Å²) in [7, 11) is 3.93. The SMILES string of the molecule is [CH2-]c1ccccc1-c1cccc[n+]1[CH2-].[Ir+3].[Ir].[c-]1cc(-c2ccccn2)[c-]cc1-c1ccccn1.[c-]1ccccc1-c1ccccn1. The molecule has 46 heavy (non-hydrogen) atoms. The van der Waals surface area contributed by atoms with Crippen LogP contribution in [0.25, 0.3) is 45.0 Å². The van der Waals surface area contributed by atoms with Crippen LogP contribution in [0.3, 0.4) is 0 Å². The maximum atomic E-state index is 4.28. The molecule has 7 rings (SSSR count). The van der Waals surface area contributed by atoms with Crippen molar-refractivity contribution < 1.29 is 44.8 Å². The number of pyridine rings is 4. The summed E-state index contributed by atoms with van der Waals surface area (Å²) in [5.74, 6) is 0. The van der Waals surface area contributed by atoms with E-state index in [1.807, 2.05) is 138 Å². The molecule has 4 nitrogen and oxygen atoms in total. The molecule has 4 heterocycles. The van der Waals surface area contributed by atoms with Gasteiger partial charge in [-0.05, 0) is 23.9 Å². The molecule has 6 heteroatoms. The van der Waals surface area contributed by atoms with Crippen molar-refractivity contribution in [2.45, 2.75) is 0 Å². The molecule has 7 aromatic rings. The van der Waals surface area contributed by atoms with E-state index >= 15 is 0 Å². The monoisotopic (exact) mass is 952 g/mol. The third kappa shape index (κ3) is 10.2. The molecule has 229 valence electrons. The van der Waals surface area contributed by atoms with Gasteiger partial charge in [0.2, 0.25) is 0 Å². The molecule has 0 aliphatic rings. The normalized spacial score (nSPS) is 9.57. The van der Waals surface area contributed by atoms with Gasteiger partial charge in [0.1, 0.15) is 0 Å². The third-order valence-corrected chi connectivity index (χ3v) is 6.51. The molecule has 3 aromatic carbocycles. The zero-order chi connectivity index (χ0) is 30.4. The van der Waals surface area contributed by atoms with E-state index in [9.17, 15) is 0 Å². The summed E-state index contributed by atoms with van der Waals surface area (Å²) >= 11 is 0. The van der Waals surface area contributed by atoms with E-state index in [1.54, 1.807) is 18.6 Å². The Kier molecular flexibility index (Phi) is 14.7. The second kappa shape index (κ2) is 19.0. The van der Waals surface area contributed by atoms with Crippen molar-refractivity contribution in [3.8, 4) is 45.0 Å². The summed E-state index contributed by atoms with van der Waals surface area (Å²) in [4.78, 5) is 12.8. The van der Waals surface area contributed by atoms with Crippen LogP contribution in [0, 0.1) is 32.2 Å². The first kappa shape index (κ1) is 35.8. The van der Waals surface area contributed by atoms with Gasteiger partial charge in [-0.25, -0.2) is 35.4 Å². The molecule has 4 aromatic heterocycles. The minimum absolute atomic E-state index is 0. The van der Waals surface area contributed by atoms with E-state index in [0.717, 1.165) is 50.6 Å². The first-order valence-electron chi connectivity index (χ1n) is 14.1. The molecule has 0 bridgehead atoms. The van der Waals surface area contributed by atoms with Crippen molar-refractivity contribution in [2.75, 3.05) is 0 Å². The maximum Gasteiger partial charge on any atom is 3.00 e. The Balaban J connectivity index is 0.000000188. The Morgan fingerprint density at radius 2 is 1.02 bits per heavy atom. The zero-order valence-electron chi connectivity index (χ0n) is 24.9. The van der Waals surface area contributed by atoms with Crippen molar-refractivity contribution in [3.63, 3.8) is 0 Å². The third-order valence-electron chi connectivity index (χ3n) is 6.51. The second-order valence-corrected chi connectivity index (χ2v) is 9.54. The Bertz CT molecular complexity index is 1710. The summed E-state index contributed by atoms with van der Waals surface area (Å²) in [5, 5.41) is 0. The van der Waals surface area contributed by atoms with E-state index in [-0.39, 0.29) is 40.2 Å². The van der Waals surface area contributed by atoms with E-state index in [4.69, 9.17) is 0 Å². The summed E-state index contributed by atoms with van der Waals surface area (Å²) in [6, 6.07) is 52.7. The first-order valence-corrected chi connectivity index (χ1v) is 14.1. The molecular weight excluding hydrogens is 921 g/mol. The van der Waals surface area contributed by atoms with Gasteiger partial charge in [-0.15, -0.1) is 53.6 Å². The number of aromatic nitrogens is 4. The molecule has 0 fully saturated rings. The summed E-state index contributed by atoms with van der Waals surface area (Å²) in [6.45, 7) is 4.00. The van der Waals surface area contributed by atoms with Gasteiger partial charge in [0, 0.05) is 45.7 Å². The Hall–Kier alpha value is -4.70. The molecule has 0 aliphatic carbocycles. The van der Waals surface area contributed by atoms with Gasteiger partial charge in [0.15, 0.2) is 0 Å². The van der Waals surface area contributed by atoms with Gasteiger partial charge in [-0.1, -0.05) is 72.1 Å². The number of hydrogen-bond acceptors (Lipinski definition) is 3. The van der Waals surface area contributed by atoms with Crippen LogP contribution in [-0.2, 0) is 40.2 Å². The van der Waals surface area contributed by atoms with Crippen LogP contribution in [-0.4, -0.2) is 15.0 Å². The smallest absolute Gasteiger partial charge is 0.343 e. The van der Waals surface area contributed by atoms with Gasteiger partial charge in [-0.3, -0.25) is 0 Å². The number of hydrogen-bond donors (Lipinski definition) is 0. The summed E-state index contributed by atoms with van der Waals surface area (Å²) < 4.78 is 1.85. The fraction of sp³-hybridized carbons (Fsp3) is 0. The predicted molar refractivity (Wildman–Crippen MR) is 176 cm³/mol. The molecule has 0 aliphatic heterocycles. The Labute approximate surface area is 299 Å². The average Bonchev–Trinajstić information content (AvgIpc) is 3.11. The topological polar surface area (TPSA) is 42.5 Å². The van der Waals surface area contributed by atoms with Crippen molar-refractivity contribution in [2.24, 2.45) is 0 Å². The number of rotatable bonds is 4. The van der Waals surface area contributed by atoms with Crippen LogP contribution in [0.15, 0.2) is 158 Å². The standard InChI is InChI=1S/C16H10N2.C13H12N.C11H8N.2Ir/c1-3-11-17-15(5-1)13-7-9-14(10-8-13)16-6-2-4-12-18-16;1-11-7-3-4-8-12(11)13-9-5-6-10-14(13)2;1-2-6-10(7-3-1)11-8-4-5-9-12-11;;/h1-7,10-12H;3-10H,1-2H2;1-6,8-9H;;/q-2;2*-1;;+3. The first-order chi connectivity index (χ1) is 21.7. The van der Waals surface area contributed by atoms with Crippen LogP contribution >= 0.6 is 0 Å². The van der Waals surface area contributed by atoms with Gasteiger partial charge in [0.25, 0.3) is 0 Å². The van der Waals surface area contributed by atoms with E-state index in [1.165, 1.54) is 0 Å². The van der Waals surface area contributed by atoms with Crippen molar-refractivity contribution in [1.29, 1.82) is 0 Å². The van der Waals surface area contributed by atoms with E-state index in [0.29, 0.717) is 0 Å². The molecule has 1 radical (unpaired) electrons. The quantitative estimate of drug-likeness (QED) is 0.132. The van der Waals surface area contributed by atoms with Crippen LogP contribution in [0.1, 0.15) is 5.56 Å². The zero-order valence-corrected chi connectivity index (χ0v) is 29.7. The van der Waals surface area contributed by atoms with Gasteiger partial charge < -0.3 is 19.5 Å². The molecular formula is C40H30Ir2N4-. The molecule has 0 saturated carbocycles. The minimum atomic E-state index is 0. The van der Waals surface area contributed by atoms with Crippen LogP contribution in [0.2, 0.25) is 0 Å². The van der Waals surface area contributed by atoms with Gasteiger partial charge in [-0.2, -0.15) is 18.6 Å². The van der Waals surface area contributed by atoms with Gasteiger partial charge >= 0.3 is 20.1 Å². The van der Waals surface area contributed by atoms with Gasteiger partial charge in [0.05, 0.1) is 11.9 Å². The Morgan fingerprint density at radius 1 is 0.522 bits per heavy atom. The second-order valence-electron chi connectivity index (χ2n) is 9.54. The largest absolute Gasteiger partial charge is 3.00 e. The predicted octanol–water partition coefficient (Wildman–Crippen LogP) is 8.42. The summed E-state index contributed by atoms with van der Waals surface area (Å²) in [5.41, 5.74) is 8.93. The fourth-order valence-corrected chi connectivity index (χ4v) is 4.29. The molecule has 0 saturated heterocycles. The number of nitrogens with zero attached hydrogens (tertiary/aromatic N) is 4. The van der Waals surface area contributed by atoms with Crippen molar-refractivity contribution in [1.82, 2.24) is 15.0 Å². The van der Waals surface area contributed by atoms with E-state index in [2.05, 4.69) is 53.2 Å². The molecule has 0 amide bonds. The Morgan fingerprint density at radius 3 is 1.48 bits per heavy atom. The maximum absolute atomic E-state index is 4.28. The number of benzene rings is 3. The van der Waals surface area contributed by atoms with E-state index < -0.39 is 0 Å². The molecule has 0 atom stereocenters.